The van der Waals surface area contributed by atoms with Crippen LogP contribution in [0.4, 0.5) is 19.1 Å². The molecule has 0 bridgehead atoms. The fourth-order valence-corrected chi connectivity index (χ4v) is 5.52. The maximum atomic E-state index is 15.3. The quantitative estimate of drug-likeness (QED) is 0.299. The normalized spacial score (nSPS) is 14.8. The van der Waals surface area contributed by atoms with Gasteiger partial charge in [0.2, 0.25) is 16.0 Å². The molecule has 40 heavy (non-hydrogen) atoms. The van der Waals surface area contributed by atoms with E-state index in [0.29, 0.717) is 60.3 Å². The highest BCUT2D eigenvalue weighted by molar-refractivity contribution is 7.88. The molecule has 14 heteroatoms. The second-order valence-electron chi connectivity index (χ2n) is 9.29. The molecule has 0 unspecified atom stereocenters. The van der Waals surface area contributed by atoms with Gasteiger partial charge in [0, 0.05) is 81.1 Å². The first-order valence-corrected chi connectivity index (χ1v) is 14.2. The average molecular weight is 577 g/mol. The first kappa shape index (κ1) is 27.8. The predicted molar refractivity (Wildman–Crippen MR) is 141 cm³/mol. The molecular weight excluding hydrogens is 549 g/mol. The monoisotopic (exact) mass is 576 g/mol. The summed E-state index contributed by atoms with van der Waals surface area (Å²) < 4.78 is 77.9. The molecule has 4 heterocycles. The number of fused-ring (bicyclic) bond motifs is 1. The van der Waals surface area contributed by atoms with Crippen LogP contribution in [0.3, 0.4) is 0 Å². The lowest BCUT2D eigenvalue weighted by Gasteiger charge is -2.33. The summed E-state index contributed by atoms with van der Waals surface area (Å²) >= 11 is 0. The number of benzene rings is 1. The number of piperazine rings is 1. The van der Waals surface area contributed by atoms with E-state index in [-0.39, 0.29) is 24.3 Å². The van der Waals surface area contributed by atoms with Gasteiger partial charge in [-0.15, -0.1) is 0 Å². The van der Waals surface area contributed by atoms with E-state index in [2.05, 4.69) is 15.0 Å². The summed E-state index contributed by atoms with van der Waals surface area (Å²) in [6.07, 6.45) is 5.95. The molecule has 5 rings (SSSR count). The third-order valence-electron chi connectivity index (χ3n) is 6.66. The molecule has 0 radical (unpaired) electrons. The van der Waals surface area contributed by atoms with Crippen LogP contribution in [0.25, 0.3) is 16.8 Å². The Hall–Kier alpha value is -3.75. The molecule has 0 atom stereocenters. The van der Waals surface area contributed by atoms with Crippen molar-refractivity contribution in [3.05, 3.63) is 71.7 Å². The van der Waals surface area contributed by atoms with Gasteiger partial charge in [0.1, 0.15) is 17.2 Å². The number of hydrogen-bond acceptors (Lipinski definition) is 8. The summed E-state index contributed by atoms with van der Waals surface area (Å²) in [4.78, 5) is 15.2. The second kappa shape index (κ2) is 11.4. The fraction of sp³-hybridized carbons (Fsp3) is 0.346. The lowest BCUT2D eigenvalue weighted by Crippen LogP contribution is -2.48. The van der Waals surface area contributed by atoms with Crippen LogP contribution in [-0.4, -0.2) is 78.2 Å². The van der Waals surface area contributed by atoms with Crippen molar-refractivity contribution in [2.75, 3.05) is 44.4 Å². The van der Waals surface area contributed by atoms with Gasteiger partial charge >= 0.3 is 6.61 Å². The van der Waals surface area contributed by atoms with Gasteiger partial charge in [-0.25, -0.2) is 27.8 Å². The number of imidazole rings is 1. The van der Waals surface area contributed by atoms with Crippen LogP contribution in [0.15, 0.2) is 48.9 Å². The van der Waals surface area contributed by atoms with Gasteiger partial charge in [-0.3, -0.25) is 0 Å². The zero-order valence-corrected chi connectivity index (χ0v) is 22.6. The number of para-hydroxylation sites is 1. The Morgan fingerprint density at radius 2 is 1.77 bits per heavy atom. The summed E-state index contributed by atoms with van der Waals surface area (Å²) in [5.41, 5.74) is 2.65. The van der Waals surface area contributed by atoms with Crippen LogP contribution in [0.5, 0.6) is 5.75 Å². The minimum Gasteiger partial charge on any atom is -0.435 e. The fourth-order valence-electron chi connectivity index (χ4n) is 4.70. The molecule has 1 aromatic carbocycles. The van der Waals surface area contributed by atoms with E-state index in [1.165, 1.54) is 42.2 Å². The van der Waals surface area contributed by atoms with Crippen molar-refractivity contribution in [2.24, 2.45) is 0 Å². The summed E-state index contributed by atoms with van der Waals surface area (Å²) in [6.45, 7) is -1.32. The molecule has 0 N–H and O–H groups in total. The number of aromatic nitrogens is 4. The summed E-state index contributed by atoms with van der Waals surface area (Å²) in [5, 5.41) is 0. The number of alkyl halides is 2. The highest BCUT2D eigenvalue weighted by Crippen LogP contribution is 2.29. The van der Waals surface area contributed by atoms with Crippen LogP contribution in [0.1, 0.15) is 17.0 Å². The van der Waals surface area contributed by atoms with E-state index in [9.17, 15) is 17.2 Å². The minimum atomic E-state index is -3.26. The summed E-state index contributed by atoms with van der Waals surface area (Å²) in [6, 6.07) is 7.76. The molecule has 0 amide bonds. The molecule has 3 aromatic heterocycles. The highest BCUT2D eigenvalue weighted by atomic mass is 32.2. The number of rotatable bonds is 9. The van der Waals surface area contributed by atoms with Gasteiger partial charge in [-0.05, 0) is 6.07 Å². The number of ether oxygens (including phenoxy) is 2. The lowest BCUT2D eigenvalue weighted by molar-refractivity contribution is -0.0504. The topological polar surface area (TPSA) is 102 Å². The van der Waals surface area contributed by atoms with Crippen LogP contribution in [-0.2, 0) is 27.8 Å². The molecule has 0 spiro atoms. The maximum absolute atomic E-state index is 15.3. The first-order valence-electron chi connectivity index (χ1n) is 12.4. The SMILES string of the molecule is COCc1nc2cc(F)c(-c3cnc(N4CCN(S(C)(=O)=O)CC4)nc3)cn2c1Cc1ccccc1OC(F)F. The van der Waals surface area contributed by atoms with Crippen molar-refractivity contribution < 1.29 is 31.1 Å². The van der Waals surface area contributed by atoms with Crippen molar-refractivity contribution in [2.45, 2.75) is 19.6 Å². The molecule has 212 valence electrons. The summed E-state index contributed by atoms with van der Waals surface area (Å²) in [5.74, 6) is -0.0770. The Bertz CT molecular complexity index is 1610. The smallest absolute Gasteiger partial charge is 0.387 e. The Morgan fingerprint density at radius 3 is 2.42 bits per heavy atom. The van der Waals surface area contributed by atoms with Crippen molar-refractivity contribution in [3.63, 3.8) is 0 Å². The number of hydrogen-bond donors (Lipinski definition) is 0. The predicted octanol–water partition coefficient (Wildman–Crippen LogP) is 3.35. The Balaban J connectivity index is 1.46. The molecule has 4 aromatic rings. The number of methoxy groups -OCH3 is 1. The van der Waals surface area contributed by atoms with Crippen LogP contribution < -0.4 is 9.64 Å². The third-order valence-corrected chi connectivity index (χ3v) is 7.96. The van der Waals surface area contributed by atoms with E-state index in [0.717, 1.165) is 0 Å². The van der Waals surface area contributed by atoms with Gasteiger partial charge < -0.3 is 18.8 Å². The van der Waals surface area contributed by atoms with E-state index >= 15 is 4.39 Å². The standard InChI is InChI=1S/C26H27F3N6O4S/c1-38-16-21-22(11-17-5-3-4-6-23(17)39-25(28)29)35-15-19(20(27)12-24(35)32-21)18-13-30-26(31-14-18)33-7-9-34(10-8-33)40(2,36)37/h3-6,12-15,25H,7-11,16H2,1-2H3. The molecule has 1 aliphatic heterocycles. The maximum Gasteiger partial charge on any atom is 0.387 e. The average Bonchev–Trinajstić information content (AvgIpc) is 3.24. The summed E-state index contributed by atoms with van der Waals surface area (Å²) in [7, 11) is -1.75. The van der Waals surface area contributed by atoms with E-state index in [1.807, 2.05) is 4.90 Å². The largest absolute Gasteiger partial charge is 0.435 e. The van der Waals surface area contributed by atoms with Crippen molar-refractivity contribution in [1.29, 1.82) is 0 Å². The minimum absolute atomic E-state index is 0.0412. The Labute approximate surface area is 229 Å². The molecule has 0 aliphatic carbocycles. The van der Waals surface area contributed by atoms with Crippen molar-refractivity contribution in [1.82, 2.24) is 23.7 Å². The number of anilines is 1. The molecular formula is C26H27F3N6O4S. The van der Waals surface area contributed by atoms with E-state index in [4.69, 9.17) is 9.47 Å². The van der Waals surface area contributed by atoms with Gasteiger partial charge in [0.15, 0.2) is 0 Å². The van der Waals surface area contributed by atoms with Crippen molar-refractivity contribution >= 4 is 21.6 Å². The number of pyridine rings is 1. The zero-order chi connectivity index (χ0) is 28.4. The number of nitrogens with zero attached hydrogens (tertiary/aromatic N) is 6. The molecule has 0 saturated carbocycles. The van der Waals surface area contributed by atoms with E-state index in [1.54, 1.807) is 28.8 Å². The van der Waals surface area contributed by atoms with Gasteiger partial charge in [-0.2, -0.15) is 13.1 Å². The van der Waals surface area contributed by atoms with Crippen LogP contribution in [0.2, 0.25) is 0 Å². The van der Waals surface area contributed by atoms with Gasteiger partial charge in [0.25, 0.3) is 0 Å². The Kier molecular flexibility index (Phi) is 7.92. The Morgan fingerprint density at radius 1 is 1.07 bits per heavy atom. The van der Waals surface area contributed by atoms with Gasteiger partial charge in [-0.1, -0.05) is 18.2 Å². The van der Waals surface area contributed by atoms with Crippen molar-refractivity contribution in [3.8, 4) is 16.9 Å². The number of halogens is 3. The molecule has 10 nitrogen and oxygen atoms in total. The number of sulfonamides is 1. The second-order valence-corrected chi connectivity index (χ2v) is 11.3. The first-order chi connectivity index (χ1) is 19.1. The molecule has 1 fully saturated rings. The van der Waals surface area contributed by atoms with Crippen LogP contribution >= 0.6 is 0 Å². The zero-order valence-electron chi connectivity index (χ0n) is 21.8. The van der Waals surface area contributed by atoms with E-state index < -0.39 is 22.5 Å². The lowest BCUT2D eigenvalue weighted by atomic mass is 10.1. The van der Waals surface area contributed by atoms with Crippen LogP contribution in [0, 0.1) is 5.82 Å². The molecule has 1 saturated heterocycles. The van der Waals surface area contributed by atoms with Gasteiger partial charge in [0.05, 0.1) is 24.3 Å². The third kappa shape index (κ3) is 5.88. The molecule has 1 aliphatic rings. The highest BCUT2D eigenvalue weighted by Gasteiger charge is 2.25.